The number of rotatable bonds is 8. The fourth-order valence-corrected chi connectivity index (χ4v) is 5.17. The molecule has 0 amide bonds. The van der Waals surface area contributed by atoms with Gasteiger partial charge in [0.1, 0.15) is 16.9 Å². The van der Waals surface area contributed by atoms with E-state index in [2.05, 4.69) is 9.71 Å². The molecule has 1 N–H and O–H groups in total. The van der Waals surface area contributed by atoms with E-state index in [-0.39, 0.29) is 38.4 Å². The molecular formula is C26H18FN3O3S2. The van der Waals surface area contributed by atoms with E-state index < -0.39 is 15.8 Å². The molecule has 3 aromatic carbocycles. The predicted octanol–water partition coefficient (Wildman–Crippen LogP) is 5.54. The second kappa shape index (κ2) is 10.5. The Kier molecular flexibility index (Phi) is 7.25. The van der Waals surface area contributed by atoms with Gasteiger partial charge in [-0.1, -0.05) is 60.3 Å². The minimum atomic E-state index is -3.99. The third kappa shape index (κ3) is 5.74. The van der Waals surface area contributed by atoms with Crippen molar-refractivity contribution < 1.29 is 17.6 Å². The summed E-state index contributed by atoms with van der Waals surface area (Å²) in [5.41, 5.74) is 1.35. The molecule has 35 heavy (non-hydrogen) atoms. The molecule has 0 atom stereocenters. The number of Topliss-reactive ketones (excluding diaryl/α,β-unsaturated/α-hetero) is 1. The zero-order valence-electron chi connectivity index (χ0n) is 18.2. The Morgan fingerprint density at radius 1 is 0.971 bits per heavy atom. The average Bonchev–Trinajstić information content (AvgIpc) is 2.89. The van der Waals surface area contributed by atoms with Crippen LogP contribution in [0.1, 0.15) is 15.9 Å². The summed E-state index contributed by atoms with van der Waals surface area (Å²) in [6.07, 6.45) is 0. The zero-order valence-corrected chi connectivity index (χ0v) is 19.8. The first-order valence-electron chi connectivity index (χ1n) is 10.4. The van der Waals surface area contributed by atoms with Gasteiger partial charge in [0.05, 0.1) is 27.6 Å². The summed E-state index contributed by atoms with van der Waals surface area (Å²) in [7, 11) is -3.99. The van der Waals surface area contributed by atoms with Crippen LogP contribution in [0.3, 0.4) is 0 Å². The molecule has 0 aliphatic rings. The van der Waals surface area contributed by atoms with E-state index >= 15 is 0 Å². The number of halogens is 1. The normalized spacial score (nSPS) is 11.0. The summed E-state index contributed by atoms with van der Waals surface area (Å²) in [5.74, 6) is -0.570. The van der Waals surface area contributed by atoms with Gasteiger partial charge < -0.3 is 0 Å². The van der Waals surface area contributed by atoms with Crippen LogP contribution in [0.4, 0.5) is 10.1 Å². The predicted molar refractivity (Wildman–Crippen MR) is 133 cm³/mol. The number of carbonyl (C=O) groups excluding carboxylic acids is 1. The molecule has 1 aromatic heterocycles. The van der Waals surface area contributed by atoms with Crippen LogP contribution >= 0.6 is 11.8 Å². The zero-order chi connectivity index (χ0) is 24.8. The minimum absolute atomic E-state index is 0.0314. The van der Waals surface area contributed by atoms with Gasteiger partial charge >= 0.3 is 0 Å². The average molecular weight is 504 g/mol. The van der Waals surface area contributed by atoms with Crippen molar-refractivity contribution in [3.05, 3.63) is 108 Å². The van der Waals surface area contributed by atoms with E-state index in [1.54, 1.807) is 42.5 Å². The number of nitrogens with one attached hydrogen (secondary N) is 1. The summed E-state index contributed by atoms with van der Waals surface area (Å²) in [4.78, 5) is 17.1. The van der Waals surface area contributed by atoms with Crippen LogP contribution in [-0.4, -0.2) is 24.9 Å². The van der Waals surface area contributed by atoms with Crippen LogP contribution in [0.25, 0.3) is 11.3 Å². The molecule has 0 bridgehead atoms. The Balaban J connectivity index is 1.74. The first-order valence-corrected chi connectivity index (χ1v) is 12.8. The Labute approximate surface area is 206 Å². The van der Waals surface area contributed by atoms with Crippen molar-refractivity contribution in [1.29, 1.82) is 5.26 Å². The van der Waals surface area contributed by atoms with Crippen LogP contribution in [0, 0.1) is 17.1 Å². The topological polar surface area (TPSA) is 99.9 Å². The number of nitriles is 1. The van der Waals surface area contributed by atoms with E-state index in [9.17, 15) is 22.9 Å². The summed E-state index contributed by atoms with van der Waals surface area (Å²) in [6, 6.07) is 25.3. The maximum atomic E-state index is 13.5. The van der Waals surface area contributed by atoms with Crippen LogP contribution in [-0.2, 0) is 10.0 Å². The molecule has 174 valence electrons. The number of anilines is 1. The van der Waals surface area contributed by atoms with Crippen molar-refractivity contribution in [3.8, 4) is 17.3 Å². The second-order valence-electron chi connectivity index (χ2n) is 7.35. The first kappa shape index (κ1) is 24.1. The van der Waals surface area contributed by atoms with Gasteiger partial charge in [-0.05, 0) is 42.5 Å². The van der Waals surface area contributed by atoms with E-state index in [1.165, 1.54) is 42.5 Å². The highest BCUT2D eigenvalue weighted by atomic mass is 32.2. The summed E-state index contributed by atoms with van der Waals surface area (Å²) < 4.78 is 42.0. The van der Waals surface area contributed by atoms with Gasteiger partial charge in [0, 0.05) is 11.1 Å². The fourth-order valence-electron chi connectivity index (χ4n) is 3.24. The maximum absolute atomic E-state index is 13.5. The van der Waals surface area contributed by atoms with Gasteiger partial charge in [0.2, 0.25) is 0 Å². The molecule has 0 saturated carbocycles. The molecule has 6 nitrogen and oxygen atoms in total. The summed E-state index contributed by atoms with van der Waals surface area (Å²) in [5, 5.41) is 9.99. The van der Waals surface area contributed by atoms with Gasteiger partial charge in [0.25, 0.3) is 10.0 Å². The van der Waals surface area contributed by atoms with Gasteiger partial charge in [0.15, 0.2) is 5.78 Å². The lowest BCUT2D eigenvalue weighted by Crippen LogP contribution is -2.14. The van der Waals surface area contributed by atoms with Crippen molar-refractivity contribution in [2.24, 2.45) is 0 Å². The lowest BCUT2D eigenvalue weighted by atomic mass is 10.1. The second-order valence-corrected chi connectivity index (χ2v) is 10.00. The van der Waals surface area contributed by atoms with Crippen LogP contribution in [0.5, 0.6) is 0 Å². The highest BCUT2D eigenvalue weighted by Crippen LogP contribution is 2.33. The van der Waals surface area contributed by atoms with Crippen molar-refractivity contribution in [2.45, 2.75) is 9.92 Å². The quantitative estimate of drug-likeness (QED) is 0.251. The third-order valence-electron chi connectivity index (χ3n) is 4.96. The SMILES string of the molecule is N#Cc1cc(NS(=O)(=O)c2ccccc2)c(-c2ccc(F)cc2)nc1SCC(=O)c1ccccc1. The van der Waals surface area contributed by atoms with E-state index in [1.807, 2.05) is 12.1 Å². The summed E-state index contributed by atoms with van der Waals surface area (Å²) >= 11 is 1.08. The van der Waals surface area contributed by atoms with Crippen molar-refractivity contribution in [3.63, 3.8) is 0 Å². The molecule has 9 heteroatoms. The fraction of sp³-hybridized carbons (Fsp3) is 0.0385. The number of pyridine rings is 1. The monoisotopic (exact) mass is 503 g/mol. The van der Waals surface area contributed by atoms with Gasteiger partial charge in [-0.3, -0.25) is 9.52 Å². The number of sulfonamides is 1. The van der Waals surface area contributed by atoms with Crippen molar-refractivity contribution in [1.82, 2.24) is 4.98 Å². The summed E-state index contributed by atoms with van der Waals surface area (Å²) in [6.45, 7) is 0. The smallest absolute Gasteiger partial charge is 0.261 e. The van der Waals surface area contributed by atoms with Gasteiger partial charge in [-0.25, -0.2) is 17.8 Å². The molecule has 0 saturated heterocycles. The first-order chi connectivity index (χ1) is 16.9. The molecule has 0 fully saturated rings. The highest BCUT2D eigenvalue weighted by Gasteiger charge is 2.21. The van der Waals surface area contributed by atoms with Gasteiger partial charge in [-0.2, -0.15) is 5.26 Å². The molecule has 0 unspecified atom stereocenters. The lowest BCUT2D eigenvalue weighted by molar-refractivity contribution is 0.102. The van der Waals surface area contributed by atoms with Crippen LogP contribution < -0.4 is 4.72 Å². The molecule has 0 aliphatic carbocycles. The highest BCUT2D eigenvalue weighted by molar-refractivity contribution is 8.00. The van der Waals surface area contributed by atoms with Crippen molar-refractivity contribution in [2.75, 3.05) is 10.5 Å². The van der Waals surface area contributed by atoms with Gasteiger partial charge in [-0.15, -0.1) is 0 Å². The molecule has 1 heterocycles. The lowest BCUT2D eigenvalue weighted by Gasteiger charge is -2.15. The standard InChI is InChI=1S/C26H18FN3O3S2/c27-21-13-11-19(12-14-21)25-23(30-35(32,33)22-9-5-2-6-10-22)15-20(16-28)26(29-25)34-17-24(31)18-7-3-1-4-8-18/h1-15,30H,17H2. The number of ketones is 1. The van der Waals surface area contributed by atoms with Crippen LogP contribution in [0.2, 0.25) is 0 Å². The van der Waals surface area contributed by atoms with Crippen molar-refractivity contribution >= 4 is 33.3 Å². The third-order valence-corrected chi connectivity index (χ3v) is 7.33. The number of aromatic nitrogens is 1. The molecule has 0 radical (unpaired) electrons. The number of nitrogens with zero attached hydrogens (tertiary/aromatic N) is 2. The number of thioether (sulfide) groups is 1. The molecular weight excluding hydrogens is 485 g/mol. The number of hydrogen-bond donors (Lipinski definition) is 1. The minimum Gasteiger partial charge on any atom is -0.293 e. The number of benzene rings is 3. The van der Waals surface area contributed by atoms with E-state index in [4.69, 9.17) is 0 Å². The molecule has 4 aromatic rings. The molecule has 4 rings (SSSR count). The van der Waals surface area contributed by atoms with E-state index in [0.717, 1.165) is 11.8 Å². The van der Waals surface area contributed by atoms with Crippen LogP contribution in [0.15, 0.2) is 101 Å². The Morgan fingerprint density at radius 3 is 2.23 bits per heavy atom. The Morgan fingerprint density at radius 2 is 1.60 bits per heavy atom. The molecule has 0 spiro atoms. The number of hydrogen-bond acceptors (Lipinski definition) is 6. The number of carbonyl (C=O) groups is 1. The largest absolute Gasteiger partial charge is 0.293 e. The Hall–Kier alpha value is -4.00. The Bertz CT molecular complexity index is 1500. The molecule has 0 aliphatic heterocycles. The van der Waals surface area contributed by atoms with E-state index in [0.29, 0.717) is 11.1 Å². The maximum Gasteiger partial charge on any atom is 0.261 e.